The highest BCUT2D eigenvalue weighted by atomic mass is 35.5. The average Bonchev–Trinajstić information content (AvgIpc) is 2.62. The van der Waals surface area contributed by atoms with Crippen LogP contribution >= 0.6 is 11.6 Å². The van der Waals surface area contributed by atoms with Gasteiger partial charge in [-0.25, -0.2) is 4.39 Å². The van der Waals surface area contributed by atoms with Crippen molar-refractivity contribution >= 4 is 34.1 Å². The number of halogens is 2. The van der Waals surface area contributed by atoms with Gasteiger partial charge in [0.1, 0.15) is 16.2 Å². The van der Waals surface area contributed by atoms with Gasteiger partial charge in [0, 0.05) is 11.8 Å². The van der Waals surface area contributed by atoms with Crippen LogP contribution in [0.1, 0.15) is 25.8 Å². The molecular formula is C22H22ClFN2O. The number of para-hydroxylation sites is 1. The van der Waals surface area contributed by atoms with Gasteiger partial charge in [-0.15, -0.1) is 11.6 Å². The zero-order chi connectivity index (χ0) is 19.4. The van der Waals surface area contributed by atoms with Crippen molar-refractivity contribution < 1.29 is 9.18 Å². The number of benzene rings is 2. The van der Waals surface area contributed by atoms with Crippen molar-refractivity contribution in [3.8, 4) is 0 Å². The Bertz CT molecular complexity index is 945. The molecule has 0 aliphatic rings. The summed E-state index contributed by atoms with van der Waals surface area (Å²) in [5.74, 6) is -0.416. The number of pyridine rings is 1. The van der Waals surface area contributed by atoms with Crippen LogP contribution < -0.4 is 5.32 Å². The molecule has 0 bridgehead atoms. The second kappa shape index (κ2) is 8.05. The fourth-order valence-electron chi connectivity index (χ4n) is 3.25. The van der Waals surface area contributed by atoms with Crippen molar-refractivity contribution in [3.63, 3.8) is 0 Å². The third kappa shape index (κ3) is 4.64. The van der Waals surface area contributed by atoms with E-state index in [1.807, 2.05) is 44.2 Å². The number of nitrogens with zero attached hydrogens (tertiary/aromatic N) is 1. The number of nitrogens with one attached hydrogen (secondary N) is 1. The molecule has 0 spiro atoms. The van der Waals surface area contributed by atoms with Gasteiger partial charge in [0.2, 0.25) is 5.91 Å². The lowest BCUT2D eigenvalue weighted by Crippen LogP contribution is -2.41. The molecule has 1 N–H and O–H groups in total. The molecule has 1 atom stereocenters. The minimum Gasteiger partial charge on any atom is -0.323 e. The molecule has 5 heteroatoms. The molecule has 3 aromatic rings. The van der Waals surface area contributed by atoms with E-state index in [1.165, 1.54) is 12.3 Å². The highest BCUT2D eigenvalue weighted by Crippen LogP contribution is 2.31. The van der Waals surface area contributed by atoms with Crippen LogP contribution in [-0.4, -0.2) is 15.8 Å². The standard InChI is InChI=1S/C22H22ClFN2O/c1-15(2)12-22(23,13-16-7-4-3-5-8-16)21(27)26-18-11-17-9-6-10-19(24)20(17)25-14-18/h3-11,14-15H,12-13H2,1-2H3,(H,26,27)/t22-/m0/s1. The van der Waals surface area contributed by atoms with E-state index in [9.17, 15) is 9.18 Å². The molecule has 140 valence electrons. The Hall–Kier alpha value is -2.46. The molecule has 27 heavy (non-hydrogen) atoms. The maximum absolute atomic E-state index is 13.8. The average molecular weight is 385 g/mol. The van der Waals surface area contributed by atoms with Gasteiger partial charge < -0.3 is 5.32 Å². The molecule has 0 saturated carbocycles. The van der Waals surface area contributed by atoms with Gasteiger partial charge in [-0.1, -0.05) is 56.3 Å². The first-order chi connectivity index (χ1) is 12.9. The van der Waals surface area contributed by atoms with E-state index in [2.05, 4.69) is 10.3 Å². The molecule has 0 aliphatic heterocycles. The Labute approximate surface area is 163 Å². The van der Waals surface area contributed by atoms with Crippen LogP contribution in [0.2, 0.25) is 0 Å². The molecule has 1 amide bonds. The number of aromatic nitrogens is 1. The molecule has 0 fully saturated rings. The summed E-state index contributed by atoms with van der Waals surface area (Å²) in [7, 11) is 0. The lowest BCUT2D eigenvalue weighted by Gasteiger charge is -2.28. The van der Waals surface area contributed by atoms with E-state index in [0.717, 1.165) is 5.56 Å². The Morgan fingerprint density at radius 2 is 1.93 bits per heavy atom. The number of hydrogen-bond acceptors (Lipinski definition) is 2. The summed E-state index contributed by atoms with van der Waals surface area (Å²) in [6.45, 7) is 4.07. The quantitative estimate of drug-likeness (QED) is 0.564. The summed E-state index contributed by atoms with van der Waals surface area (Å²) in [6.07, 6.45) is 2.42. The van der Waals surface area contributed by atoms with Crippen LogP contribution in [0.15, 0.2) is 60.8 Å². The molecule has 0 aliphatic carbocycles. The number of carbonyl (C=O) groups excluding carboxylic acids is 1. The fourth-order valence-corrected chi connectivity index (χ4v) is 3.76. The van der Waals surface area contributed by atoms with Crippen molar-refractivity contribution in [2.45, 2.75) is 31.6 Å². The van der Waals surface area contributed by atoms with E-state index >= 15 is 0 Å². The van der Waals surface area contributed by atoms with Gasteiger partial charge in [-0.05, 0) is 30.0 Å². The maximum atomic E-state index is 13.8. The van der Waals surface area contributed by atoms with Crippen LogP contribution in [-0.2, 0) is 11.2 Å². The van der Waals surface area contributed by atoms with Crippen molar-refractivity contribution in [3.05, 3.63) is 72.2 Å². The molecular weight excluding hydrogens is 363 g/mol. The number of hydrogen-bond donors (Lipinski definition) is 1. The van der Waals surface area contributed by atoms with Gasteiger partial charge >= 0.3 is 0 Å². The molecule has 3 nitrogen and oxygen atoms in total. The minimum absolute atomic E-state index is 0.251. The van der Waals surface area contributed by atoms with Gasteiger partial charge in [-0.3, -0.25) is 9.78 Å². The number of anilines is 1. The lowest BCUT2D eigenvalue weighted by molar-refractivity contribution is -0.119. The topological polar surface area (TPSA) is 42.0 Å². The summed E-state index contributed by atoms with van der Waals surface area (Å²) in [4.78, 5) is 16.1. The van der Waals surface area contributed by atoms with Crippen molar-refractivity contribution in [2.24, 2.45) is 5.92 Å². The molecule has 0 unspecified atom stereocenters. The van der Waals surface area contributed by atoms with Crippen LogP contribution in [0.4, 0.5) is 10.1 Å². The Morgan fingerprint density at radius 1 is 1.19 bits per heavy atom. The Balaban J connectivity index is 1.85. The zero-order valence-corrected chi connectivity index (χ0v) is 16.1. The molecule has 3 rings (SSSR count). The summed E-state index contributed by atoms with van der Waals surface area (Å²) in [5.41, 5.74) is 1.78. The van der Waals surface area contributed by atoms with E-state index < -0.39 is 4.87 Å². The van der Waals surface area contributed by atoms with Gasteiger partial charge in [0.05, 0.1) is 11.9 Å². The highest BCUT2D eigenvalue weighted by Gasteiger charge is 2.37. The van der Waals surface area contributed by atoms with Crippen molar-refractivity contribution in [1.82, 2.24) is 4.98 Å². The van der Waals surface area contributed by atoms with E-state index in [0.29, 0.717) is 23.9 Å². The second-order valence-corrected chi connectivity index (χ2v) is 7.94. The molecule has 2 aromatic carbocycles. The molecule has 1 heterocycles. The third-order valence-electron chi connectivity index (χ3n) is 4.39. The smallest absolute Gasteiger partial charge is 0.245 e. The fraction of sp³-hybridized carbons (Fsp3) is 0.273. The third-order valence-corrected chi connectivity index (χ3v) is 4.85. The molecule has 1 aromatic heterocycles. The number of carbonyl (C=O) groups is 1. The highest BCUT2D eigenvalue weighted by molar-refractivity contribution is 6.36. The number of rotatable bonds is 6. The van der Waals surface area contributed by atoms with Crippen molar-refractivity contribution in [1.29, 1.82) is 0 Å². The monoisotopic (exact) mass is 384 g/mol. The second-order valence-electron chi connectivity index (χ2n) is 7.22. The van der Waals surface area contributed by atoms with Crippen LogP contribution in [0.25, 0.3) is 10.9 Å². The SMILES string of the molecule is CC(C)C[C@](Cl)(Cc1ccccc1)C(=O)Nc1cnc2c(F)cccc2c1. The number of alkyl halides is 1. The summed E-state index contributed by atoms with van der Waals surface area (Å²) in [5, 5.41) is 3.49. The van der Waals surface area contributed by atoms with Crippen molar-refractivity contribution in [2.75, 3.05) is 5.32 Å². The largest absolute Gasteiger partial charge is 0.323 e. The van der Waals surface area contributed by atoms with E-state index in [1.54, 1.807) is 18.2 Å². The Morgan fingerprint density at radius 3 is 2.63 bits per heavy atom. The Kier molecular flexibility index (Phi) is 5.76. The number of fused-ring (bicyclic) bond motifs is 1. The first kappa shape index (κ1) is 19.3. The maximum Gasteiger partial charge on any atom is 0.245 e. The first-order valence-corrected chi connectivity index (χ1v) is 9.34. The summed E-state index contributed by atoms with van der Waals surface area (Å²) in [6, 6.07) is 16.2. The van der Waals surface area contributed by atoms with E-state index in [4.69, 9.17) is 11.6 Å². The van der Waals surface area contributed by atoms with Gasteiger partial charge in [0.15, 0.2) is 0 Å². The minimum atomic E-state index is -1.08. The number of amides is 1. The van der Waals surface area contributed by atoms with Crippen LogP contribution in [0.3, 0.4) is 0 Å². The predicted molar refractivity (Wildman–Crippen MR) is 109 cm³/mol. The van der Waals surface area contributed by atoms with Crippen LogP contribution in [0, 0.1) is 11.7 Å². The molecule has 0 saturated heterocycles. The first-order valence-electron chi connectivity index (χ1n) is 8.96. The lowest BCUT2D eigenvalue weighted by atomic mass is 9.89. The summed E-state index contributed by atoms with van der Waals surface area (Å²) >= 11 is 6.82. The van der Waals surface area contributed by atoms with Gasteiger partial charge in [0.25, 0.3) is 0 Å². The van der Waals surface area contributed by atoms with E-state index in [-0.39, 0.29) is 23.2 Å². The molecule has 0 radical (unpaired) electrons. The van der Waals surface area contributed by atoms with Gasteiger partial charge in [-0.2, -0.15) is 0 Å². The van der Waals surface area contributed by atoms with Crippen LogP contribution in [0.5, 0.6) is 0 Å². The predicted octanol–water partition coefficient (Wildman–Crippen LogP) is 5.58. The summed E-state index contributed by atoms with van der Waals surface area (Å²) < 4.78 is 13.8. The normalized spacial score (nSPS) is 13.5. The zero-order valence-electron chi connectivity index (χ0n) is 15.4.